The zero-order valence-corrected chi connectivity index (χ0v) is 10.2. The van der Waals surface area contributed by atoms with Crippen LogP contribution in [0, 0.1) is 13.8 Å². The van der Waals surface area contributed by atoms with Gasteiger partial charge in [-0.15, -0.1) is 0 Å². The second-order valence-electron chi connectivity index (χ2n) is 4.05. The largest absolute Gasteiger partial charge is 0.480 e. The Balaban J connectivity index is 3.09. The predicted octanol–water partition coefficient (Wildman–Crippen LogP) is 1.04. The molecule has 0 bridgehead atoms. The third-order valence-corrected chi connectivity index (χ3v) is 3.02. The Hall–Kier alpha value is -1.36. The smallest absolute Gasteiger partial charge is 0.322 e. The molecule has 1 rings (SSSR count). The molecule has 1 aromatic heterocycles. The number of rotatable bonds is 4. The molecule has 5 heteroatoms. The van der Waals surface area contributed by atoms with Gasteiger partial charge in [0.25, 0.3) is 0 Å². The molecular formula is C11H19N3O2. The summed E-state index contributed by atoms with van der Waals surface area (Å²) in [4.78, 5) is 10.8. The summed E-state index contributed by atoms with van der Waals surface area (Å²) in [5.41, 5.74) is 8.72. The van der Waals surface area contributed by atoms with Crippen molar-refractivity contribution < 1.29 is 9.90 Å². The molecule has 0 radical (unpaired) electrons. The van der Waals surface area contributed by atoms with Crippen molar-refractivity contribution >= 4 is 5.97 Å². The summed E-state index contributed by atoms with van der Waals surface area (Å²) in [6.45, 7) is 7.71. The quantitative estimate of drug-likeness (QED) is 0.802. The number of carboxylic acid groups (broad SMARTS) is 1. The summed E-state index contributed by atoms with van der Waals surface area (Å²) < 4.78 is 1.72. The Labute approximate surface area is 95.3 Å². The van der Waals surface area contributed by atoms with Crippen molar-refractivity contribution in [3.8, 4) is 0 Å². The van der Waals surface area contributed by atoms with E-state index in [1.54, 1.807) is 11.6 Å². The van der Waals surface area contributed by atoms with Gasteiger partial charge in [0.05, 0.1) is 11.7 Å². The van der Waals surface area contributed by atoms with Crippen LogP contribution < -0.4 is 5.73 Å². The second-order valence-corrected chi connectivity index (χ2v) is 4.05. The summed E-state index contributed by atoms with van der Waals surface area (Å²) in [6.07, 6.45) is 0.896. The highest BCUT2D eigenvalue weighted by Crippen LogP contribution is 2.19. The number of aryl methyl sites for hydroxylation is 1. The minimum atomic E-state index is -1.00. The van der Waals surface area contributed by atoms with Crippen molar-refractivity contribution in [2.75, 3.05) is 0 Å². The van der Waals surface area contributed by atoms with E-state index in [0.29, 0.717) is 0 Å². The highest BCUT2D eigenvalue weighted by molar-refractivity contribution is 5.73. The number of nitrogens with two attached hydrogens (primary N) is 1. The lowest BCUT2D eigenvalue weighted by atomic mass is 10.1. The van der Waals surface area contributed by atoms with Gasteiger partial charge in [-0.1, -0.05) is 6.92 Å². The molecule has 0 aliphatic carbocycles. The van der Waals surface area contributed by atoms with Crippen LogP contribution in [0.4, 0.5) is 0 Å². The molecule has 2 unspecified atom stereocenters. The van der Waals surface area contributed by atoms with Crippen LogP contribution in [-0.4, -0.2) is 26.9 Å². The van der Waals surface area contributed by atoms with Crippen LogP contribution in [0.5, 0.6) is 0 Å². The standard InChI is InChI=1S/C11H19N3O2/c1-5-9-6(2)13-14(7(9)3)8(4)10(12)11(15)16/h8,10H,5,12H2,1-4H3,(H,15,16). The molecule has 1 heterocycles. The summed E-state index contributed by atoms with van der Waals surface area (Å²) in [5, 5.41) is 13.2. The van der Waals surface area contributed by atoms with E-state index in [2.05, 4.69) is 12.0 Å². The van der Waals surface area contributed by atoms with Crippen molar-refractivity contribution in [3.05, 3.63) is 17.0 Å². The van der Waals surface area contributed by atoms with Crippen LogP contribution in [0.3, 0.4) is 0 Å². The van der Waals surface area contributed by atoms with E-state index in [1.165, 1.54) is 5.56 Å². The molecule has 0 aliphatic rings. The van der Waals surface area contributed by atoms with Gasteiger partial charge in [-0.3, -0.25) is 9.48 Å². The van der Waals surface area contributed by atoms with Gasteiger partial charge < -0.3 is 10.8 Å². The van der Waals surface area contributed by atoms with Gasteiger partial charge in [0.1, 0.15) is 6.04 Å². The lowest BCUT2D eigenvalue weighted by molar-refractivity contribution is -0.139. The average Bonchev–Trinajstić information content (AvgIpc) is 2.51. The van der Waals surface area contributed by atoms with Crippen LogP contribution in [0.1, 0.15) is 36.8 Å². The molecule has 0 aromatic carbocycles. The minimum absolute atomic E-state index is 0.337. The maximum atomic E-state index is 10.8. The van der Waals surface area contributed by atoms with E-state index < -0.39 is 12.0 Å². The molecule has 5 nitrogen and oxygen atoms in total. The third-order valence-electron chi connectivity index (χ3n) is 3.02. The monoisotopic (exact) mass is 225 g/mol. The van der Waals surface area contributed by atoms with E-state index in [4.69, 9.17) is 10.8 Å². The number of aliphatic carboxylic acids is 1. The van der Waals surface area contributed by atoms with Gasteiger partial charge in [-0.05, 0) is 32.8 Å². The molecule has 2 atom stereocenters. The Morgan fingerprint density at radius 1 is 1.56 bits per heavy atom. The molecular weight excluding hydrogens is 206 g/mol. The predicted molar refractivity (Wildman–Crippen MR) is 61.4 cm³/mol. The molecule has 16 heavy (non-hydrogen) atoms. The van der Waals surface area contributed by atoms with E-state index in [1.807, 2.05) is 13.8 Å². The van der Waals surface area contributed by atoms with Crippen LogP contribution >= 0.6 is 0 Å². The van der Waals surface area contributed by atoms with Crippen LogP contribution in [0.15, 0.2) is 0 Å². The van der Waals surface area contributed by atoms with Crippen LogP contribution in [-0.2, 0) is 11.2 Å². The van der Waals surface area contributed by atoms with Crippen molar-refractivity contribution in [3.63, 3.8) is 0 Å². The topological polar surface area (TPSA) is 81.1 Å². The Bertz CT molecular complexity index is 398. The fourth-order valence-corrected chi connectivity index (χ4v) is 1.96. The molecule has 0 spiro atoms. The van der Waals surface area contributed by atoms with E-state index >= 15 is 0 Å². The normalized spacial score (nSPS) is 14.8. The molecule has 0 saturated carbocycles. The van der Waals surface area contributed by atoms with Gasteiger partial charge in [-0.25, -0.2) is 0 Å². The van der Waals surface area contributed by atoms with Crippen molar-refractivity contribution in [2.45, 2.75) is 46.2 Å². The first kappa shape index (κ1) is 12.7. The molecule has 0 aliphatic heterocycles. The molecule has 1 aromatic rings. The highest BCUT2D eigenvalue weighted by Gasteiger charge is 2.24. The Morgan fingerprint density at radius 2 is 2.12 bits per heavy atom. The Morgan fingerprint density at radius 3 is 2.50 bits per heavy atom. The highest BCUT2D eigenvalue weighted by atomic mass is 16.4. The first-order valence-electron chi connectivity index (χ1n) is 5.43. The zero-order valence-electron chi connectivity index (χ0n) is 10.2. The van der Waals surface area contributed by atoms with Crippen LogP contribution in [0.2, 0.25) is 0 Å². The first-order valence-corrected chi connectivity index (χ1v) is 5.43. The van der Waals surface area contributed by atoms with Gasteiger partial charge in [0.15, 0.2) is 0 Å². The minimum Gasteiger partial charge on any atom is -0.480 e. The molecule has 90 valence electrons. The maximum absolute atomic E-state index is 10.8. The molecule has 0 fully saturated rings. The second kappa shape index (κ2) is 4.65. The number of hydrogen-bond donors (Lipinski definition) is 2. The number of hydrogen-bond acceptors (Lipinski definition) is 3. The fraction of sp³-hybridized carbons (Fsp3) is 0.636. The molecule has 0 saturated heterocycles. The number of carbonyl (C=O) groups is 1. The fourth-order valence-electron chi connectivity index (χ4n) is 1.96. The third kappa shape index (κ3) is 2.09. The van der Waals surface area contributed by atoms with Gasteiger partial charge in [-0.2, -0.15) is 5.10 Å². The number of aromatic nitrogens is 2. The first-order chi connectivity index (χ1) is 7.40. The summed E-state index contributed by atoms with van der Waals surface area (Å²) in [7, 11) is 0. The number of nitrogens with zero attached hydrogens (tertiary/aromatic N) is 2. The summed E-state index contributed by atoms with van der Waals surface area (Å²) >= 11 is 0. The summed E-state index contributed by atoms with van der Waals surface area (Å²) in [6, 6.07) is -1.26. The van der Waals surface area contributed by atoms with Crippen molar-refractivity contribution in [2.24, 2.45) is 5.73 Å². The molecule has 3 N–H and O–H groups in total. The van der Waals surface area contributed by atoms with Gasteiger partial charge in [0.2, 0.25) is 0 Å². The van der Waals surface area contributed by atoms with E-state index in [-0.39, 0.29) is 6.04 Å². The Kier molecular flexibility index (Phi) is 3.70. The van der Waals surface area contributed by atoms with Crippen LogP contribution in [0.25, 0.3) is 0 Å². The average molecular weight is 225 g/mol. The number of carboxylic acids is 1. The molecule has 0 amide bonds. The van der Waals surface area contributed by atoms with E-state index in [9.17, 15) is 4.79 Å². The SMILES string of the molecule is CCc1c(C)nn(C(C)C(N)C(=O)O)c1C. The van der Waals surface area contributed by atoms with Crippen molar-refractivity contribution in [1.82, 2.24) is 9.78 Å². The maximum Gasteiger partial charge on any atom is 0.322 e. The van der Waals surface area contributed by atoms with Crippen molar-refractivity contribution in [1.29, 1.82) is 0 Å². The van der Waals surface area contributed by atoms with Gasteiger partial charge in [0, 0.05) is 5.69 Å². The lowest BCUT2D eigenvalue weighted by Crippen LogP contribution is -2.38. The summed E-state index contributed by atoms with van der Waals surface area (Å²) in [5.74, 6) is -1.00. The van der Waals surface area contributed by atoms with E-state index in [0.717, 1.165) is 17.8 Å². The van der Waals surface area contributed by atoms with Gasteiger partial charge >= 0.3 is 5.97 Å². The zero-order chi connectivity index (χ0) is 12.5. The lowest BCUT2D eigenvalue weighted by Gasteiger charge is -2.18.